The van der Waals surface area contributed by atoms with E-state index in [-0.39, 0.29) is 17.9 Å². The van der Waals surface area contributed by atoms with E-state index in [1.54, 1.807) is 0 Å². The first-order valence-electron chi connectivity index (χ1n) is 2.81. The summed E-state index contributed by atoms with van der Waals surface area (Å²) in [6.07, 6.45) is 0.179. The molecule has 0 aliphatic rings. The molecule has 5 heteroatoms. The average Bonchev–Trinajstić information content (AvgIpc) is 2.13. The van der Waals surface area contributed by atoms with E-state index in [0.29, 0.717) is 5.82 Å². The first-order valence-corrected chi connectivity index (χ1v) is 2.81. The van der Waals surface area contributed by atoms with Crippen LogP contribution in [0.2, 0.25) is 0 Å². The van der Waals surface area contributed by atoms with Crippen molar-refractivity contribution in [2.45, 2.75) is 13.3 Å². The lowest BCUT2D eigenvalue weighted by molar-refractivity contribution is -0.116. The van der Waals surface area contributed by atoms with Crippen LogP contribution in [0.1, 0.15) is 12.7 Å². The van der Waals surface area contributed by atoms with Crippen LogP contribution in [0.4, 0.5) is 0 Å². The quantitative estimate of drug-likeness (QED) is 0.567. The van der Waals surface area contributed by atoms with Crippen molar-refractivity contribution in [1.82, 2.24) is 15.2 Å². The highest BCUT2D eigenvalue weighted by Gasteiger charge is 1.99. The summed E-state index contributed by atoms with van der Waals surface area (Å²) in [4.78, 5) is 23.2. The van der Waals surface area contributed by atoms with Gasteiger partial charge in [0.05, 0.1) is 6.42 Å². The Bertz CT molecular complexity index is 285. The van der Waals surface area contributed by atoms with Crippen molar-refractivity contribution in [3.05, 3.63) is 16.3 Å². The van der Waals surface area contributed by atoms with Gasteiger partial charge in [0.2, 0.25) is 0 Å². The number of carbonyl (C=O) groups excluding carboxylic acids is 1. The van der Waals surface area contributed by atoms with E-state index in [9.17, 15) is 9.59 Å². The molecule has 0 bridgehead atoms. The van der Waals surface area contributed by atoms with Crippen LogP contribution in [-0.2, 0) is 11.2 Å². The fraction of sp³-hybridized carbons (Fsp3) is 0.400. The Morgan fingerprint density at radius 1 is 1.70 bits per heavy atom. The van der Waals surface area contributed by atoms with Gasteiger partial charge < -0.3 is 0 Å². The van der Waals surface area contributed by atoms with Gasteiger partial charge in [-0.05, 0) is 6.92 Å². The smallest absolute Gasteiger partial charge is 0.300 e. The van der Waals surface area contributed by atoms with Gasteiger partial charge in [0.1, 0.15) is 11.6 Å². The third kappa shape index (κ3) is 1.54. The lowest BCUT2D eigenvalue weighted by atomic mass is 10.3. The van der Waals surface area contributed by atoms with E-state index < -0.39 is 0 Å². The largest absolute Gasteiger partial charge is 0.340 e. The van der Waals surface area contributed by atoms with Gasteiger partial charge in [0.25, 0.3) is 0 Å². The molecule has 54 valence electrons. The van der Waals surface area contributed by atoms with Crippen LogP contribution < -0.4 is 5.69 Å². The zero-order valence-corrected chi connectivity index (χ0v) is 5.47. The van der Waals surface area contributed by atoms with Gasteiger partial charge in [-0.2, -0.15) is 5.10 Å². The molecule has 0 aliphatic heterocycles. The molecule has 10 heavy (non-hydrogen) atoms. The van der Waals surface area contributed by atoms with E-state index in [1.165, 1.54) is 6.92 Å². The summed E-state index contributed by atoms with van der Waals surface area (Å²) in [5.74, 6) is 0.361. The number of Topliss-reactive ketones (excluding diaryl/α,β-unsaturated/α-hetero) is 1. The monoisotopic (exact) mass is 141 g/mol. The highest BCUT2D eigenvalue weighted by molar-refractivity contribution is 5.77. The molecule has 0 aromatic carbocycles. The zero-order chi connectivity index (χ0) is 7.56. The maximum absolute atomic E-state index is 10.4. The number of nitrogens with zero attached hydrogens (tertiary/aromatic N) is 1. The van der Waals surface area contributed by atoms with Gasteiger partial charge in [-0.3, -0.25) is 9.78 Å². The first-order chi connectivity index (χ1) is 4.68. The molecule has 0 saturated heterocycles. The van der Waals surface area contributed by atoms with Gasteiger partial charge in [0, 0.05) is 0 Å². The molecule has 0 amide bonds. The van der Waals surface area contributed by atoms with Crippen LogP contribution in [0, 0.1) is 0 Å². The minimum absolute atomic E-state index is 0.0252. The standard InChI is InChI=1S/C5H7N3O2/c1-3(9)2-4-6-5(10)8-7-4/h2H2,1H3,(H2,6,7,8,10). The SMILES string of the molecule is CC(=O)Cc1n[nH]c(=O)[nH]1. The van der Waals surface area contributed by atoms with Crippen LogP contribution in [0.25, 0.3) is 0 Å². The Kier molecular flexibility index (Phi) is 1.66. The Labute approximate surface area is 56.5 Å². The maximum Gasteiger partial charge on any atom is 0.340 e. The normalized spacial score (nSPS) is 9.70. The van der Waals surface area contributed by atoms with Crippen molar-refractivity contribution < 1.29 is 4.79 Å². The molecule has 0 unspecified atom stereocenters. The summed E-state index contributed by atoms with van der Waals surface area (Å²) >= 11 is 0. The molecule has 0 fully saturated rings. The molecule has 0 spiro atoms. The number of hydrogen-bond acceptors (Lipinski definition) is 3. The number of ketones is 1. The van der Waals surface area contributed by atoms with E-state index in [1.807, 2.05) is 0 Å². The summed E-state index contributed by atoms with van der Waals surface area (Å²) < 4.78 is 0. The second-order valence-electron chi connectivity index (χ2n) is 2.00. The van der Waals surface area contributed by atoms with Crippen LogP contribution in [0.3, 0.4) is 0 Å². The molecule has 2 N–H and O–H groups in total. The number of rotatable bonds is 2. The third-order valence-corrected chi connectivity index (χ3v) is 0.967. The van der Waals surface area contributed by atoms with Gasteiger partial charge in [0.15, 0.2) is 0 Å². The fourth-order valence-corrected chi connectivity index (χ4v) is 0.625. The molecule has 1 heterocycles. The summed E-state index contributed by atoms with van der Waals surface area (Å²) in [6, 6.07) is 0. The predicted molar refractivity (Wildman–Crippen MR) is 33.6 cm³/mol. The highest BCUT2D eigenvalue weighted by atomic mass is 16.1. The highest BCUT2D eigenvalue weighted by Crippen LogP contribution is 1.84. The minimum Gasteiger partial charge on any atom is -0.300 e. The van der Waals surface area contributed by atoms with Crippen molar-refractivity contribution in [3.63, 3.8) is 0 Å². The van der Waals surface area contributed by atoms with Gasteiger partial charge in [-0.15, -0.1) is 0 Å². The number of H-pyrrole nitrogens is 2. The number of nitrogens with one attached hydrogen (secondary N) is 2. The maximum atomic E-state index is 10.4. The second kappa shape index (κ2) is 2.47. The van der Waals surface area contributed by atoms with Gasteiger partial charge >= 0.3 is 5.69 Å². The van der Waals surface area contributed by atoms with Gasteiger partial charge in [-0.25, -0.2) is 9.89 Å². The molecule has 0 saturated carbocycles. The van der Waals surface area contributed by atoms with Crippen LogP contribution >= 0.6 is 0 Å². The molecule has 1 aromatic rings. The molecule has 0 radical (unpaired) electrons. The first kappa shape index (κ1) is 6.73. The summed E-state index contributed by atoms with van der Waals surface area (Å²) in [6.45, 7) is 1.44. The second-order valence-corrected chi connectivity index (χ2v) is 2.00. The lowest BCUT2D eigenvalue weighted by Crippen LogP contribution is -2.03. The Morgan fingerprint density at radius 2 is 2.40 bits per heavy atom. The minimum atomic E-state index is -0.378. The molecule has 0 aliphatic carbocycles. The lowest BCUT2D eigenvalue weighted by Gasteiger charge is -1.84. The molecule has 1 rings (SSSR count). The fourth-order valence-electron chi connectivity index (χ4n) is 0.625. The summed E-state index contributed by atoms with van der Waals surface area (Å²) in [7, 11) is 0. The number of carbonyl (C=O) groups is 1. The average molecular weight is 141 g/mol. The van der Waals surface area contributed by atoms with E-state index in [4.69, 9.17) is 0 Å². The van der Waals surface area contributed by atoms with Crippen molar-refractivity contribution >= 4 is 5.78 Å². The molecule has 5 nitrogen and oxygen atoms in total. The topological polar surface area (TPSA) is 78.6 Å². The summed E-state index contributed by atoms with van der Waals surface area (Å²) in [5.41, 5.74) is -0.378. The molecular weight excluding hydrogens is 134 g/mol. The van der Waals surface area contributed by atoms with Crippen molar-refractivity contribution in [2.75, 3.05) is 0 Å². The Balaban J connectivity index is 2.76. The molecule has 0 atom stereocenters. The van der Waals surface area contributed by atoms with E-state index in [0.717, 1.165) is 0 Å². The van der Waals surface area contributed by atoms with E-state index in [2.05, 4.69) is 15.2 Å². The molecule has 1 aromatic heterocycles. The van der Waals surface area contributed by atoms with Crippen LogP contribution in [-0.4, -0.2) is 21.0 Å². The number of hydrogen-bond donors (Lipinski definition) is 2. The van der Waals surface area contributed by atoms with Gasteiger partial charge in [-0.1, -0.05) is 0 Å². The Morgan fingerprint density at radius 3 is 2.80 bits per heavy atom. The van der Waals surface area contributed by atoms with E-state index >= 15 is 0 Å². The number of aromatic amines is 2. The van der Waals surface area contributed by atoms with Crippen molar-refractivity contribution in [1.29, 1.82) is 0 Å². The third-order valence-electron chi connectivity index (χ3n) is 0.967. The van der Waals surface area contributed by atoms with Crippen molar-refractivity contribution in [2.24, 2.45) is 0 Å². The predicted octanol–water partition coefficient (Wildman–Crippen LogP) is -0.771. The Hall–Kier alpha value is -1.39. The van der Waals surface area contributed by atoms with Crippen LogP contribution in [0.15, 0.2) is 4.79 Å². The zero-order valence-electron chi connectivity index (χ0n) is 5.47. The molecular formula is C5H7N3O2. The van der Waals surface area contributed by atoms with Crippen molar-refractivity contribution in [3.8, 4) is 0 Å². The summed E-state index contributed by atoms with van der Waals surface area (Å²) in [5, 5.41) is 5.70. The van der Waals surface area contributed by atoms with Crippen LogP contribution in [0.5, 0.6) is 0 Å². The number of aromatic nitrogens is 3.